The van der Waals surface area contributed by atoms with E-state index in [9.17, 15) is 4.79 Å². The van der Waals surface area contributed by atoms with Crippen molar-refractivity contribution in [3.8, 4) is 0 Å². The molecular formula is C18H25ClN2O2S. The number of thioether (sulfide) groups is 1. The zero-order chi connectivity index (χ0) is 16.8. The third-order valence-electron chi connectivity index (χ3n) is 4.94. The minimum atomic E-state index is -0.0758. The average molecular weight is 369 g/mol. The number of amides is 1. The molecule has 2 heterocycles. The molecule has 2 fully saturated rings. The monoisotopic (exact) mass is 368 g/mol. The Balaban J connectivity index is 1.63. The molecule has 1 atom stereocenters. The van der Waals surface area contributed by atoms with Crippen LogP contribution in [0.5, 0.6) is 0 Å². The van der Waals surface area contributed by atoms with Crippen LogP contribution in [0, 0.1) is 0 Å². The first kappa shape index (κ1) is 18.1. The first-order valence-electron chi connectivity index (χ1n) is 8.60. The van der Waals surface area contributed by atoms with Crippen molar-refractivity contribution in [3.05, 3.63) is 34.9 Å². The van der Waals surface area contributed by atoms with Crippen molar-refractivity contribution >= 4 is 29.3 Å². The SMILES string of the molecule is O=C(CC1CSCCN1)NCC1(c2cccc(Cl)c2)CCOCC1. The molecule has 1 aromatic carbocycles. The number of benzene rings is 1. The molecule has 2 N–H and O–H groups in total. The number of nitrogens with one attached hydrogen (secondary N) is 2. The van der Waals surface area contributed by atoms with Gasteiger partial charge in [0.2, 0.25) is 5.91 Å². The zero-order valence-electron chi connectivity index (χ0n) is 13.9. The Morgan fingerprint density at radius 3 is 2.96 bits per heavy atom. The van der Waals surface area contributed by atoms with Crippen molar-refractivity contribution in [3.63, 3.8) is 0 Å². The van der Waals surface area contributed by atoms with Crippen LogP contribution < -0.4 is 10.6 Å². The lowest BCUT2D eigenvalue weighted by Crippen LogP contribution is -2.47. The number of carbonyl (C=O) groups excluding carboxylic acids is 1. The molecule has 0 saturated carbocycles. The van der Waals surface area contributed by atoms with Gasteiger partial charge in [0.15, 0.2) is 0 Å². The molecule has 4 nitrogen and oxygen atoms in total. The van der Waals surface area contributed by atoms with Crippen LogP contribution >= 0.6 is 23.4 Å². The van der Waals surface area contributed by atoms with Crippen LogP contribution in [0.15, 0.2) is 24.3 Å². The van der Waals surface area contributed by atoms with E-state index in [1.165, 1.54) is 5.56 Å². The lowest BCUT2D eigenvalue weighted by Gasteiger charge is -2.38. The van der Waals surface area contributed by atoms with Crippen LogP contribution in [0.25, 0.3) is 0 Å². The summed E-state index contributed by atoms with van der Waals surface area (Å²) >= 11 is 8.10. The quantitative estimate of drug-likeness (QED) is 0.838. The summed E-state index contributed by atoms with van der Waals surface area (Å²) in [6.07, 6.45) is 2.37. The number of hydrogen-bond donors (Lipinski definition) is 2. The van der Waals surface area contributed by atoms with Gasteiger partial charge in [-0.15, -0.1) is 0 Å². The van der Waals surface area contributed by atoms with E-state index >= 15 is 0 Å². The van der Waals surface area contributed by atoms with Crippen LogP contribution in [-0.2, 0) is 14.9 Å². The molecule has 0 bridgehead atoms. The number of halogens is 1. The highest BCUT2D eigenvalue weighted by Gasteiger charge is 2.35. The second-order valence-electron chi connectivity index (χ2n) is 6.61. The Labute approximate surface area is 153 Å². The lowest BCUT2D eigenvalue weighted by molar-refractivity contribution is -0.122. The van der Waals surface area contributed by atoms with Gasteiger partial charge < -0.3 is 15.4 Å². The maximum absolute atomic E-state index is 12.4. The number of ether oxygens (including phenoxy) is 1. The van der Waals surface area contributed by atoms with Crippen molar-refractivity contribution in [2.24, 2.45) is 0 Å². The molecule has 2 saturated heterocycles. The van der Waals surface area contributed by atoms with Crippen molar-refractivity contribution in [2.45, 2.75) is 30.7 Å². The van der Waals surface area contributed by atoms with Gasteiger partial charge >= 0.3 is 0 Å². The molecule has 3 rings (SSSR count). The predicted octanol–water partition coefficient (Wildman–Crippen LogP) is 2.60. The standard InChI is InChI=1S/C18H25ClN2O2S/c19-15-3-1-2-14(10-15)18(4-7-23-8-5-18)13-21-17(22)11-16-12-24-9-6-20-16/h1-3,10,16,20H,4-9,11-13H2,(H,21,22). The maximum atomic E-state index is 12.4. The highest BCUT2D eigenvalue weighted by atomic mass is 35.5. The van der Waals surface area contributed by atoms with Crippen molar-refractivity contribution in [2.75, 3.05) is 37.8 Å². The van der Waals surface area contributed by atoms with Gasteiger partial charge in [-0.3, -0.25) is 4.79 Å². The summed E-state index contributed by atoms with van der Waals surface area (Å²) in [5.74, 6) is 2.28. The van der Waals surface area contributed by atoms with Crippen LogP contribution in [0.3, 0.4) is 0 Å². The van der Waals surface area contributed by atoms with E-state index < -0.39 is 0 Å². The summed E-state index contributed by atoms with van der Waals surface area (Å²) in [5, 5.41) is 7.33. The Morgan fingerprint density at radius 1 is 1.42 bits per heavy atom. The van der Waals surface area contributed by atoms with E-state index in [4.69, 9.17) is 16.3 Å². The van der Waals surface area contributed by atoms with E-state index in [0.29, 0.717) is 19.0 Å². The first-order chi connectivity index (χ1) is 11.7. The molecule has 2 aliphatic rings. The predicted molar refractivity (Wildman–Crippen MR) is 99.9 cm³/mol. The molecule has 24 heavy (non-hydrogen) atoms. The third kappa shape index (κ3) is 4.66. The lowest BCUT2D eigenvalue weighted by atomic mass is 9.74. The molecular weight excluding hydrogens is 344 g/mol. The van der Waals surface area contributed by atoms with Crippen molar-refractivity contribution in [1.82, 2.24) is 10.6 Å². The van der Waals surface area contributed by atoms with Gasteiger partial charge in [-0.25, -0.2) is 0 Å². The van der Waals surface area contributed by atoms with E-state index in [1.54, 1.807) is 0 Å². The number of carbonyl (C=O) groups is 1. The normalized spacial score (nSPS) is 23.6. The van der Waals surface area contributed by atoms with E-state index in [-0.39, 0.29) is 11.3 Å². The summed E-state index contributed by atoms with van der Waals surface area (Å²) in [7, 11) is 0. The fourth-order valence-electron chi connectivity index (χ4n) is 3.46. The molecule has 2 aliphatic heterocycles. The third-order valence-corrected chi connectivity index (χ3v) is 6.31. The van der Waals surface area contributed by atoms with Crippen LogP contribution in [0.1, 0.15) is 24.8 Å². The van der Waals surface area contributed by atoms with Crippen LogP contribution in [-0.4, -0.2) is 49.8 Å². The Bertz CT molecular complexity index is 558. The molecule has 0 aromatic heterocycles. The Hall–Kier alpha value is -0.750. The molecule has 1 aromatic rings. The minimum Gasteiger partial charge on any atom is -0.381 e. The van der Waals surface area contributed by atoms with Crippen LogP contribution in [0.2, 0.25) is 5.02 Å². The summed E-state index contributed by atoms with van der Waals surface area (Å²) in [6.45, 7) is 3.09. The van der Waals surface area contributed by atoms with Gasteiger partial charge in [-0.2, -0.15) is 11.8 Å². The Kier molecular flexibility index (Phi) is 6.44. The van der Waals surface area contributed by atoms with E-state index in [1.807, 2.05) is 30.0 Å². The summed E-state index contributed by atoms with van der Waals surface area (Å²) < 4.78 is 5.55. The van der Waals surface area contributed by atoms with Gasteiger partial charge in [0.1, 0.15) is 0 Å². The van der Waals surface area contributed by atoms with Gasteiger partial charge in [0, 0.05) is 60.7 Å². The molecule has 0 spiro atoms. The summed E-state index contributed by atoms with van der Waals surface area (Å²) in [5.41, 5.74) is 1.12. The van der Waals surface area contributed by atoms with Crippen LogP contribution in [0.4, 0.5) is 0 Å². The fraction of sp³-hybridized carbons (Fsp3) is 0.611. The Morgan fingerprint density at radius 2 is 2.25 bits per heavy atom. The topological polar surface area (TPSA) is 50.4 Å². The fourth-order valence-corrected chi connectivity index (χ4v) is 4.60. The second-order valence-corrected chi connectivity index (χ2v) is 8.20. The molecule has 0 aliphatic carbocycles. The first-order valence-corrected chi connectivity index (χ1v) is 10.1. The van der Waals surface area contributed by atoms with E-state index in [0.717, 1.165) is 49.1 Å². The van der Waals surface area contributed by atoms with Gasteiger partial charge in [0.25, 0.3) is 0 Å². The van der Waals surface area contributed by atoms with Crippen molar-refractivity contribution < 1.29 is 9.53 Å². The molecule has 0 radical (unpaired) electrons. The van der Waals surface area contributed by atoms with Crippen molar-refractivity contribution in [1.29, 1.82) is 0 Å². The largest absolute Gasteiger partial charge is 0.381 e. The molecule has 1 amide bonds. The van der Waals surface area contributed by atoms with Gasteiger partial charge in [-0.1, -0.05) is 23.7 Å². The summed E-state index contributed by atoms with van der Waals surface area (Å²) in [6, 6.07) is 8.31. The second kappa shape index (κ2) is 8.56. The zero-order valence-corrected chi connectivity index (χ0v) is 15.4. The molecule has 132 valence electrons. The molecule has 1 unspecified atom stereocenters. The average Bonchev–Trinajstić information content (AvgIpc) is 2.62. The highest BCUT2D eigenvalue weighted by Crippen LogP contribution is 2.35. The maximum Gasteiger partial charge on any atom is 0.221 e. The number of hydrogen-bond acceptors (Lipinski definition) is 4. The highest BCUT2D eigenvalue weighted by molar-refractivity contribution is 7.99. The molecule has 6 heteroatoms. The van der Waals surface area contributed by atoms with Gasteiger partial charge in [0.05, 0.1) is 0 Å². The van der Waals surface area contributed by atoms with Gasteiger partial charge in [-0.05, 0) is 30.5 Å². The summed E-state index contributed by atoms with van der Waals surface area (Å²) in [4.78, 5) is 12.4. The smallest absolute Gasteiger partial charge is 0.221 e. The minimum absolute atomic E-state index is 0.0758. The number of rotatable bonds is 5. The van der Waals surface area contributed by atoms with E-state index in [2.05, 4.69) is 16.7 Å².